The van der Waals surface area contributed by atoms with Crippen LogP contribution in [0.2, 0.25) is 0 Å². The fourth-order valence-electron chi connectivity index (χ4n) is 2.35. The van der Waals surface area contributed by atoms with Crippen molar-refractivity contribution >= 4 is 17.5 Å². The summed E-state index contributed by atoms with van der Waals surface area (Å²) in [6.07, 6.45) is 1.66. The zero-order valence-corrected chi connectivity index (χ0v) is 14.7. The summed E-state index contributed by atoms with van der Waals surface area (Å²) in [4.78, 5) is 33.0. The quantitative estimate of drug-likeness (QED) is 0.703. The third-order valence-corrected chi connectivity index (χ3v) is 3.70. The van der Waals surface area contributed by atoms with E-state index in [0.29, 0.717) is 11.4 Å². The number of aromatic nitrogens is 2. The molecule has 136 valence electrons. The minimum Gasteiger partial charge on any atom is -0.497 e. The van der Waals surface area contributed by atoms with Crippen LogP contribution >= 0.6 is 0 Å². The van der Waals surface area contributed by atoms with E-state index in [4.69, 9.17) is 4.74 Å². The molecule has 3 rings (SSSR count). The van der Waals surface area contributed by atoms with Crippen LogP contribution in [0.15, 0.2) is 66.9 Å². The molecule has 0 aliphatic carbocycles. The molecule has 0 aliphatic heterocycles. The molecule has 3 aromatic rings. The topological polar surface area (TPSA) is 93.2 Å². The van der Waals surface area contributed by atoms with Gasteiger partial charge in [-0.15, -0.1) is 0 Å². The molecule has 1 aromatic carbocycles. The van der Waals surface area contributed by atoms with Crippen molar-refractivity contribution < 1.29 is 14.3 Å². The van der Waals surface area contributed by atoms with Gasteiger partial charge >= 0.3 is 0 Å². The number of rotatable bonds is 6. The molecule has 0 fully saturated rings. The molecule has 0 spiro atoms. The van der Waals surface area contributed by atoms with Crippen molar-refractivity contribution in [1.29, 1.82) is 0 Å². The average molecular weight is 362 g/mol. The van der Waals surface area contributed by atoms with Crippen molar-refractivity contribution in [3.63, 3.8) is 0 Å². The molecule has 2 heterocycles. The highest BCUT2D eigenvalue weighted by atomic mass is 16.5. The lowest BCUT2D eigenvalue weighted by Crippen LogP contribution is -2.25. The third kappa shape index (κ3) is 4.88. The van der Waals surface area contributed by atoms with Crippen molar-refractivity contribution in [2.45, 2.75) is 6.54 Å². The molecule has 27 heavy (non-hydrogen) atoms. The zero-order valence-electron chi connectivity index (χ0n) is 14.7. The van der Waals surface area contributed by atoms with Crippen molar-refractivity contribution in [2.24, 2.45) is 0 Å². The highest BCUT2D eigenvalue weighted by Gasteiger charge is 2.13. The Morgan fingerprint density at radius 1 is 0.963 bits per heavy atom. The number of amides is 2. The van der Waals surface area contributed by atoms with Gasteiger partial charge in [-0.25, -0.2) is 4.98 Å². The second kappa shape index (κ2) is 8.57. The molecule has 0 atom stereocenters. The Morgan fingerprint density at radius 2 is 1.74 bits per heavy atom. The van der Waals surface area contributed by atoms with Gasteiger partial charge in [-0.05, 0) is 36.4 Å². The van der Waals surface area contributed by atoms with Gasteiger partial charge in [-0.3, -0.25) is 14.6 Å². The van der Waals surface area contributed by atoms with Gasteiger partial charge in [0.15, 0.2) is 0 Å². The number of anilines is 1. The minimum absolute atomic E-state index is 0.142. The van der Waals surface area contributed by atoms with Gasteiger partial charge in [0.1, 0.15) is 17.1 Å². The number of hydrogen-bond acceptors (Lipinski definition) is 5. The van der Waals surface area contributed by atoms with E-state index in [0.717, 1.165) is 5.69 Å². The highest BCUT2D eigenvalue weighted by molar-refractivity contribution is 6.03. The second-order valence-corrected chi connectivity index (χ2v) is 5.60. The van der Waals surface area contributed by atoms with Gasteiger partial charge in [0.2, 0.25) is 0 Å². The van der Waals surface area contributed by atoms with Crippen LogP contribution < -0.4 is 15.4 Å². The van der Waals surface area contributed by atoms with E-state index in [1.165, 1.54) is 0 Å². The molecule has 7 heteroatoms. The highest BCUT2D eigenvalue weighted by Crippen LogP contribution is 2.17. The van der Waals surface area contributed by atoms with E-state index in [2.05, 4.69) is 20.6 Å². The van der Waals surface area contributed by atoms with Crippen LogP contribution in [0, 0.1) is 0 Å². The molecule has 0 unspecified atom stereocenters. The van der Waals surface area contributed by atoms with Gasteiger partial charge in [-0.2, -0.15) is 0 Å². The third-order valence-electron chi connectivity index (χ3n) is 3.70. The van der Waals surface area contributed by atoms with Gasteiger partial charge in [0.25, 0.3) is 11.8 Å². The maximum Gasteiger partial charge on any atom is 0.274 e. The van der Waals surface area contributed by atoms with Crippen LogP contribution in [0.3, 0.4) is 0 Å². The minimum atomic E-state index is -0.414. The van der Waals surface area contributed by atoms with E-state index in [1.54, 1.807) is 61.8 Å². The van der Waals surface area contributed by atoms with Crippen LogP contribution in [-0.4, -0.2) is 28.9 Å². The van der Waals surface area contributed by atoms with Gasteiger partial charge in [0.05, 0.1) is 19.3 Å². The summed E-state index contributed by atoms with van der Waals surface area (Å²) in [5, 5.41) is 5.47. The zero-order chi connectivity index (χ0) is 19.1. The van der Waals surface area contributed by atoms with Gasteiger partial charge < -0.3 is 15.4 Å². The maximum atomic E-state index is 12.4. The average Bonchev–Trinajstić information content (AvgIpc) is 2.73. The fourth-order valence-corrected chi connectivity index (χ4v) is 2.35. The van der Waals surface area contributed by atoms with Crippen molar-refractivity contribution in [3.05, 3.63) is 83.9 Å². The first-order chi connectivity index (χ1) is 13.2. The second-order valence-electron chi connectivity index (χ2n) is 5.60. The summed E-state index contributed by atoms with van der Waals surface area (Å²) in [7, 11) is 1.55. The molecule has 2 amide bonds. The Labute approximate surface area is 156 Å². The van der Waals surface area contributed by atoms with Gasteiger partial charge in [0, 0.05) is 18.0 Å². The Hall–Kier alpha value is -3.74. The number of nitrogens with zero attached hydrogens (tertiary/aromatic N) is 2. The number of nitrogens with one attached hydrogen (secondary N) is 2. The van der Waals surface area contributed by atoms with Crippen LogP contribution in [0.4, 0.5) is 5.69 Å². The number of benzene rings is 1. The molecule has 0 bridgehead atoms. The molecule has 0 saturated heterocycles. The van der Waals surface area contributed by atoms with Crippen LogP contribution in [0.25, 0.3) is 0 Å². The van der Waals surface area contributed by atoms with E-state index < -0.39 is 5.91 Å². The summed E-state index contributed by atoms with van der Waals surface area (Å²) in [6, 6.07) is 17.2. The number of carbonyl (C=O) groups excluding carboxylic acids is 2. The number of ether oxygens (including phenoxy) is 1. The van der Waals surface area contributed by atoms with Crippen molar-refractivity contribution in [3.8, 4) is 5.75 Å². The van der Waals surface area contributed by atoms with Crippen molar-refractivity contribution in [1.82, 2.24) is 15.3 Å². The molecule has 0 saturated carbocycles. The summed E-state index contributed by atoms with van der Waals surface area (Å²) in [5.41, 5.74) is 1.61. The lowest BCUT2D eigenvalue weighted by Gasteiger charge is -2.08. The number of carbonyl (C=O) groups is 2. The van der Waals surface area contributed by atoms with Crippen molar-refractivity contribution in [2.75, 3.05) is 12.4 Å². The first kappa shape index (κ1) is 18.1. The fraction of sp³-hybridized carbons (Fsp3) is 0.100. The number of hydrogen-bond donors (Lipinski definition) is 2. The molecule has 7 nitrogen and oxygen atoms in total. The normalized spacial score (nSPS) is 10.1. The lowest BCUT2D eigenvalue weighted by atomic mass is 10.2. The first-order valence-corrected chi connectivity index (χ1v) is 8.26. The Kier molecular flexibility index (Phi) is 5.73. The molecule has 2 N–H and O–H groups in total. The maximum absolute atomic E-state index is 12.4. The molecular weight excluding hydrogens is 344 g/mol. The number of methoxy groups -OCH3 is 1. The predicted octanol–water partition coefficient (Wildman–Crippen LogP) is 2.67. The Bertz CT molecular complexity index is 945. The number of pyridine rings is 2. The first-order valence-electron chi connectivity index (χ1n) is 8.26. The van der Waals surface area contributed by atoms with Crippen LogP contribution in [0.5, 0.6) is 5.75 Å². The van der Waals surface area contributed by atoms with E-state index in [-0.39, 0.29) is 23.8 Å². The molecular formula is C20H18N4O3. The standard InChI is InChI=1S/C20H18N4O3/c1-27-16-8-4-7-14(12-16)23-20(26)18-10-5-9-17(24-18)19(25)22-13-15-6-2-3-11-21-15/h2-12H,13H2,1H3,(H,22,25)(H,23,26). The van der Waals surface area contributed by atoms with E-state index in [1.807, 2.05) is 12.1 Å². The Balaban J connectivity index is 1.66. The summed E-state index contributed by atoms with van der Waals surface area (Å²) >= 11 is 0. The van der Waals surface area contributed by atoms with Gasteiger partial charge in [-0.1, -0.05) is 18.2 Å². The summed E-state index contributed by atoms with van der Waals surface area (Å²) in [5.74, 6) is -0.164. The largest absolute Gasteiger partial charge is 0.497 e. The molecule has 0 radical (unpaired) electrons. The lowest BCUT2D eigenvalue weighted by molar-refractivity contribution is 0.0945. The monoisotopic (exact) mass is 362 g/mol. The SMILES string of the molecule is COc1cccc(NC(=O)c2cccc(C(=O)NCc3ccccn3)n2)c1. The van der Waals surface area contributed by atoms with Crippen LogP contribution in [0.1, 0.15) is 26.7 Å². The summed E-state index contributed by atoms with van der Waals surface area (Å²) < 4.78 is 5.13. The molecule has 0 aliphatic rings. The van der Waals surface area contributed by atoms with E-state index >= 15 is 0 Å². The van der Waals surface area contributed by atoms with Crippen LogP contribution in [-0.2, 0) is 6.54 Å². The molecule has 2 aromatic heterocycles. The van der Waals surface area contributed by atoms with E-state index in [9.17, 15) is 9.59 Å². The smallest absolute Gasteiger partial charge is 0.274 e. The predicted molar refractivity (Wildman–Crippen MR) is 101 cm³/mol. The Morgan fingerprint density at radius 3 is 2.48 bits per heavy atom. The summed E-state index contributed by atoms with van der Waals surface area (Å²) in [6.45, 7) is 0.279.